The fraction of sp³-hybridized carbons (Fsp3) is 0.100. The van der Waals surface area contributed by atoms with E-state index in [9.17, 15) is 10.1 Å². The number of aromatic nitrogens is 4. The van der Waals surface area contributed by atoms with Crippen LogP contribution < -0.4 is 16.2 Å². The van der Waals surface area contributed by atoms with Crippen LogP contribution in [0.4, 0.5) is 17.6 Å². The molecule has 0 radical (unpaired) electrons. The number of nitro benzene ring substituents is 1. The molecule has 2 heterocycles. The summed E-state index contributed by atoms with van der Waals surface area (Å²) in [6.45, 7) is 0.112. The Balaban J connectivity index is 0.000000254. The van der Waals surface area contributed by atoms with Crippen LogP contribution in [0, 0.1) is 10.1 Å². The van der Waals surface area contributed by atoms with Gasteiger partial charge in [-0.3, -0.25) is 10.1 Å². The van der Waals surface area contributed by atoms with E-state index in [1.807, 2.05) is 6.07 Å². The summed E-state index contributed by atoms with van der Waals surface area (Å²) < 4.78 is 5.73. The Labute approximate surface area is 176 Å². The minimum Gasteiger partial charge on any atom is -0.487 e. The number of aliphatic hydroxyl groups excluding tert-OH is 1. The highest BCUT2D eigenvalue weighted by Crippen LogP contribution is 2.33. The van der Waals surface area contributed by atoms with E-state index in [4.69, 9.17) is 21.3 Å². The van der Waals surface area contributed by atoms with Gasteiger partial charge in [-0.1, -0.05) is 18.2 Å². The fourth-order valence-electron chi connectivity index (χ4n) is 2.69. The molecule has 0 unspecified atom stereocenters. The Hall–Kier alpha value is -4.38. The first-order chi connectivity index (χ1) is 15.0. The Morgan fingerprint density at radius 2 is 1.52 bits per heavy atom. The normalized spacial score (nSPS) is 10.2. The van der Waals surface area contributed by atoms with Crippen LogP contribution in [-0.4, -0.2) is 30.0 Å². The van der Waals surface area contributed by atoms with Crippen molar-refractivity contribution in [3.63, 3.8) is 0 Å². The van der Waals surface area contributed by atoms with Crippen LogP contribution in [0.15, 0.2) is 60.9 Å². The molecule has 0 aliphatic carbocycles. The summed E-state index contributed by atoms with van der Waals surface area (Å²) in [6.07, 6.45) is 3.06. The maximum Gasteiger partial charge on any atom is 0.277 e. The van der Waals surface area contributed by atoms with Crippen molar-refractivity contribution in [1.29, 1.82) is 0 Å². The first kappa shape index (κ1) is 21.3. The molecule has 11 nitrogen and oxygen atoms in total. The number of ether oxygens (including phenoxy) is 1. The Morgan fingerprint density at radius 1 is 0.903 bits per heavy atom. The first-order valence-electron chi connectivity index (χ1n) is 9.02. The number of rotatable bonds is 5. The molecule has 5 N–H and O–H groups in total. The van der Waals surface area contributed by atoms with Gasteiger partial charge in [0.2, 0.25) is 11.9 Å². The molecule has 2 aromatic heterocycles. The van der Waals surface area contributed by atoms with Crippen LogP contribution >= 0.6 is 0 Å². The Kier molecular flexibility index (Phi) is 6.81. The molecule has 0 spiro atoms. The maximum absolute atomic E-state index is 11.1. The largest absolute Gasteiger partial charge is 0.487 e. The molecule has 0 aliphatic heterocycles. The van der Waals surface area contributed by atoms with Gasteiger partial charge in [-0.2, -0.15) is 0 Å². The average molecular weight is 421 g/mol. The molecule has 11 heteroatoms. The summed E-state index contributed by atoms with van der Waals surface area (Å²) >= 11 is 0. The van der Waals surface area contributed by atoms with Gasteiger partial charge in [-0.15, -0.1) is 0 Å². The highest BCUT2D eigenvalue weighted by atomic mass is 16.6. The van der Waals surface area contributed by atoms with E-state index in [-0.39, 0.29) is 30.8 Å². The van der Waals surface area contributed by atoms with E-state index in [1.54, 1.807) is 42.6 Å². The van der Waals surface area contributed by atoms with Crippen molar-refractivity contribution in [1.82, 2.24) is 19.9 Å². The second-order valence-electron chi connectivity index (χ2n) is 6.14. The number of anilines is 2. The number of non-ortho nitro benzene ring substituents is 1. The number of hydrogen-bond acceptors (Lipinski definition) is 10. The summed E-state index contributed by atoms with van der Waals surface area (Å²) in [5, 5.41) is 20.8. The van der Waals surface area contributed by atoms with Crippen molar-refractivity contribution in [2.75, 3.05) is 11.5 Å². The highest BCUT2D eigenvalue weighted by molar-refractivity contribution is 5.95. The molecule has 158 valence electrons. The molecule has 0 bridgehead atoms. The lowest BCUT2D eigenvalue weighted by Gasteiger charge is -2.09. The van der Waals surface area contributed by atoms with Gasteiger partial charge in [0.05, 0.1) is 28.3 Å². The van der Waals surface area contributed by atoms with Crippen molar-refractivity contribution < 1.29 is 14.8 Å². The van der Waals surface area contributed by atoms with Gasteiger partial charge in [-0.25, -0.2) is 19.9 Å². The predicted molar refractivity (Wildman–Crippen MR) is 114 cm³/mol. The van der Waals surface area contributed by atoms with Crippen molar-refractivity contribution in [2.24, 2.45) is 0 Å². The predicted octanol–water partition coefficient (Wildman–Crippen LogP) is 2.25. The van der Waals surface area contributed by atoms with Crippen LogP contribution in [0.5, 0.6) is 5.75 Å². The van der Waals surface area contributed by atoms with E-state index in [0.717, 1.165) is 0 Å². The zero-order valence-electron chi connectivity index (χ0n) is 16.3. The molecule has 2 aromatic carbocycles. The van der Waals surface area contributed by atoms with Gasteiger partial charge in [0.15, 0.2) is 0 Å². The highest BCUT2D eigenvalue weighted by Gasteiger charge is 2.14. The van der Waals surface area contributed by atoms with Crippen LogP contribution in [0.2, 0.25) is 0 Å². The number of benzene rings is 2. The van der Waals surface area contributed by atoms with Crippen LogP contribution in [0.25, 0.3) is 10.8 Å². The topological polar surface area (TPSA) is 176 Å². The summed E-state index contributed by atoms with van der Waals surface area (Å²) in [4.78, 5) is 25.9. The number of aliphatic hydroxyl groups is 1. The zero-order valence-corrected chi connectivity index (χ0v) is 16.3. The number of hydrogen-bond donors (Lipinski definition) is 3. The number of nitrogen functional groups attached to an aromatic ring is 2. The van der Waals surface area contributed by atoms with E-state index < -0.39 is 4.92 Å². The number of nitrogens with zero attached hydrogens (tertiary/aromatic N) is 5. The van der Waals surface area contributed by atoms with Crippen LogP contribution in [-0.2, 0) is 13.2 Å². The molecule has 0 fully saturated rings. The molecule has 0 atom stereocenters. The Morgan fingerprint density at radius 3 is 2.10 bits per heavy atom. The minimum absolute atomic E-state index is 0.0502. The van der Waals surface area contributed by atoms with Gasteiger partial charge in [0.1, 0.15) is 12.4 Å². The standard InChI is InChI=1S/C15H12N4O3.C5H7N3O/c16-15-17-8-7-10(18-15)9-22-14-6-5-13(19(20)21)11-3-1-2-4-12(11)14;6-5-7-2-1-4(3-9)8-5/h1-8H,9H2,(H2,16,17,18);1-2,9H,3H2,(H2,6,7,8). The third-order valence-electron chi connectivity index (χ3n) is 4.06. The molecule has 31 heavy (non-hydrogen) atoms. The minimum atomic E-state index is -0.406. The molecule has 0 aliphatic rings. The van der Waals surface area contributed by atoms with E-state index in [1.165, 1.54) is 12.3 Å². The smallest absolute Gasteiger partial charge is 0.277 e. The maximum atomic E-state index is 11.1. The van der Waals surface area contributed by atoms with Crippen molar-refractivity contribution in [2.45, 2.75) is 13.2 Å². The lowest BCUT2D eigenvalue weighted by Crippen LogP contribution is -2.02. The second kappa shape index (κ2) is 9.89. The molecule has 0 saturated carbocycles. The summed E-state index contributed by atoms with van der Waals surface area (Å²) in [5.74, 6) is 0.926. The molecule has 0 amide bonds. The lowest BCUT2D eigenvalue weighted by molar-refractivity contribution is -0.383. The lowest BCUT2D eigenvalue weighted by atomic mass is 10.1. The third kappa shape index (κ3) is 5.58. The molecule has 0 saturated heterocycles. The summed E-state index contributed by atoms with van der Waals surface area (Å²) in [7, 11) is 0. The average Bonchev–Trinajstić information content (AvgIpc) is 2.77. The van der Waals surface area contributed by atoms with Gasteiger partial charge >= 0.3 is 0 Å². The second-order valence-corrected chi connectivity index (χ2v) is 6.14. The fourth-order valence-corrected chi connectivity index (χ4v) is 2.69. The van der Waals surface area contributed by atoms with Crippen molar-refractivity contribution >= 4 is 28.4 Å². The summed E-state index contributed by atoms with van der Waals surface area (Å²) in [5.41, 5.74) is 11.9. The first-order valence-corrected chi connectivity index (χ1v) is 9.02. The monoisotopic (exact) mass is 421 g/mol. The van der Waals surface area contributed by atoms with Gasteiger partial charge in [-0.05, 0) is 24.3 Å². The van der Waals surface area contributed by atoms with E-state index in [0.29, 0.717) is 27.9 Å². The zero-order chi connectivity index (χ0) is 22.2. The van der Waals surface area contributed by atoms with Gasteiger partial charge < -0.3 is 21.3 Å². The third-order valence-corrected chi connectivity index (χ3v) is 4.06. The van der Waals surface area contributed by atoms with Crippen molar-refractivity contribution in [3.8, 4) is 5.75 Å². The van der Waals surface area contributed by atoms with Crippen LogP contribution in [0.3, 0.4) is 0 Å². The number of nitrogens with two attached hydrogens (primary N) is 2. The summed E-state index contributed by atoms with van der Waals surface area (Å²) in [6, 6.07) is 13.4. The molecule has 4 aromatic rings. The molecular formula is C20H19N7O4. The van der Waals surface area contributed by atoms with Crippen LogP contribution in [0.1, 0.15) is 11.4 Å². The molecular weight excluding hydrogens is 402 g/mol. The van der Waals surface area contributed by atoms with E-state index >= 15 is 0 Å². The van der Waals surface area contributed by atoms with Crippen molar-refractivity contribution in [3.05, 3.63) is 82.4 Å². The number of nitro groups is 1. The quantitative estimate of drug-likeness (QED) is 0.320. The molecule has 4 rings (SSSR count). The SMILES string of the molecule is Nc1nccc(CO)n1.Nc1nccc(COc2ccc([N+](=O)[O-])c3ccccc23)n1. The van der Waals surface area contributed by atoms with Gasteiger partial charge in [0, 0.05) is 23.8 Å². The van der Waals surface area contributed by atoms with E-state index in [2.05, 4.69) is 19.9 Å². The number of fused-ring (bicyclic) bond motifs is 1. The Bertz CT molecular complexity index is 1200. The van der Waals surface area contributed by atoms with Gasteiger partial charge in [0.25, 0.3) is 5.69 Å².